The van der Waals surface area contributed by atoms with Gasteiger partial charge in [-0.15, -0.1) is 0 Å². The number of aromatic nitrogens is 2. The summed E-state index contributed by atoms with van der Waals surface area (Å²) in [6.07, 6.45) is 5.34. The van der Waals surface area contributed by atoms with Gasteiger partial charge in [-0.3, -0.25) is 0 Å². The molecule has 0 radical (unpaired) electrons. The van der Waals surface area contributed by atoms with Crippen LogP contribution in [0.3, 0.4) is 0 Å². The summed E-state index contributed by atoms with van der Waals surface area (Å²) in [6, 6.07) is 0. The van der Waals surface area contributed by atoms with E-state index in [1.54, 1.807) is 6.33 Å². The molecule has 0 atom stereocenters. The van der Waals surface area contributed by atoms with Gasteiger partial charge < -0.3 is 10.2 Å². The number of hydrogen-bond donors (Lipinski definition) is 1. The number of hydrogen-bond acceptors (Lipinski definition) is 4. The Morgan fingerprint density at radius 1 is 1.33 bits per heavy atom. The van der Waals surface area contributed by atoms with E-state index in [2.05, 4.69) is 34.0 Å². The van der Waals surface area contributed by atoms with Gasteiger partial charge in [0.15, 0.2) is 0 Å². The summed E-state index contributed by atoms with van der Waals surface area (Å²) >= 11 is 0. The van der Waals surface area contributed by atoms with Crippen molar-refractivity contribution in [3.63, 3.8) is 0 Å². The number of rotatable bonds is 1. The highest BCUT2D eigenvalue weighted by atomic mass is 15.2. The van der Waals surface area contributed by atoms with Crippen LogP contribution in [0.5, 0.6) is 0 Å². The molecule has 0 bridgehead atoms. The van der Waals surface area contributed by atoms with Gasteiger partial charge in [0.05, 0.1) is 5.69 Å². The zero-order valence-electron chi connectivity index (χ0n) is 11.4. The molecule has 0 aliphatic carbocycles. The Labute approximate surface area is 109 Å². The van der Waals surface area contributed by atoms with Gasteiger partial charge in [0.2, 0.25) is 0 Å². The van der Waals surface area contributed by atoms with E-state index in [4.69, 9.17) is 0 Å². The first-order valence-corrected chi connectivity index (χ1v) is 6.94. The average Bonchev–Trinajstić information content (AvgIpc) is 2.37. The topological polar surface area (TPSA) is 41.1 Å². The SMILES string of the molecule is CC1(C)CCCN(c2ncnc3c2CNCC3)C1. The molecule has 1 fully saturated rings. The Morgan fingerprint density at radius 2 is 2.22 bits per heavy atom. The van der Waals surface area contributed by atoms with E-state index in [0.717, 1.165) is 32.6 Å². The third-order valence-corrected chi connectivity index (χ3v) is 4.05. The maximum atomic E-state index is 4.56. The molecule has 1 aromatic rings. The van der Waals surface area contributed by atoms with Gasteiger partial charge in [0.25, 0.3) is 0 Å². The molecule has 0 spiro atoms. The molecule has 1 aromatic heterocycles. The van der Waals surface area contributed by atoms with Crippen LogP contribution in [0.2, 0.25) is 0 Å². The fourth-order valence-electron chi connectivity index (χ4n) is 3.13. The molecule has 4 nitrogen and oxygen atoms in total. The summed E-state index contributed by atoms with van der Waals surface area (Å²) < 4.78 is 0. The Morgan fingerprint density at radius 3 is 3.06 bits per heavy atom. The predicted octanol–water partition coefficient (Wildman–Crippen LogP) is 1.75. The Hall–Kier alpha value is -1.16. The second kappa shape index (κ2) is 4.50. The zero-order valence-corrected chi connectivity index (χ0v) is 11.4. The van der Waals surface area contributed by atoms with Crippen molar-refractivity contribution < 1.29 is 0 Å². The molecular formula is C14H22N4. The van der Waals surface area contributed by atoms with Gasteiger partial charge in [0, 0.05) is 38.2 Å². The third-order valence-electron chi connectivity index (χ3n) is 4.05. The first kappa shape index (κ1) is 11.9. The standard InChI is InChI=1S/C14H22N4/c1-14(2)5-3-7-18(9-14)13-11-8-15-6-4-12(11)16-10-17-13/h10,15H,3-9H2,1-2H3. The van der Waals surface area contributed by atoms with Crippen molar-refractivity contribution in [3.05, 3.63) is 17.6 Å². The van der Waals surface area contributed by atoms with Gasteiger partial charge >= 0.3 is 0 Å². The summed E-state index contributed by atoms with van der Waals surface area (Å²) in [4.78, 5) is 11.4. The van der Waals surface area contributed by atoms with Crippen molar-refractivity contribution in [3.8, 4) is 0 Å². The van der Waals surface area contributed by atoms with Crippen molar-refractivity contribution in [1.29, 1.82) is 0 Å². The highest BCUT2D eigenvalue weighted by Crippen LogP contribution is 2.32. The number of anilines is 1. The van der Waals surface area contributed by atoms with Gasteiger partial charge in [-0.05, 0) is 18.3 Å². The lowest BCUT2D eigenvalue weighted by molar-refractivity contribution is 0.291. The monoisotopic (exact) mass is 246 g/mol. The van der Waals surface area contributed by atoms with Crippen molar-refractivity contribution in [2.24, 2.45) is 5.41 Å². The molecule has 0 amide bonds. The lowest BCUT2D eigenvalue weighted by Crippen LogP contribution is -2.42. The van der Waals surface area contributed by atoms with Gasteiger partial charge in [0.1, 0.15) is 12.1 Å². The van der Waals surface area contributed by atoms with E-state index in [9.17, 15) is 0 Å². The Balaban J connectivity index is 1.92. The first-order valence-electron chi connectivity index (χ1n) is 6.94. The summed E-state index contributed by atoms with van der Waals surface area (Å²) in [7, 11) is 0. The minimum Gasteiger partial charge on any atom is -0.356 e. The predicted molar refractivity (Wildman–Crippen MR) is 72.7 cm³/mol. The van der Waals surface area contributed by atoms with Gasteiger partial charge in [-0.25, -0.2) is 9.97 Å². The van der Waals surface area contributed by atoms with Crippen molar-refractivity contribution in [2.45, 2.75) is 39.7 Å². The summed E-state index contributed by atoms with van der Waals surface area (Å²) in [5.41, 5.74) is 2.96. The summed E-state index contributed by atoms with van der Waals surface area (Å²) in [5, 5.41) is 3.43. The van der Waals surface area contributed by atoms with Gasteiger partial charge in [-0.2, -0.15) is 0 Å². The third kappa shape index (κ3) is 2.21. The minimum absolute atomic E-state index is 0.401. The van der Waals surface area contributed by atoms with Crippen LogP contribution in [0.15, 0.2) is 6.33 Å². The van der Waals surface area contributed by atoms with Crippen LogP contribution in [0.4, 0.5) is 5.82 Å². The molecule has 98 valence electrons. The van der Waals surface area contributed by atoms with Crippen LogP contribution in [0, 0.1) is 5.41 Å². The second-order valence-corrected chi connectivity index (χ2v) is 6.24. The van der Waals surface area contributed by atoms with Crippen molar-refractivity contribution in [2.75, 3.05) is 24.5 Å². The van der Waals surface area contributed by atoms with Crippen LogP contribution in [0.1, 0.15) is 37.9 Å². The lowest BCUT2D eigenvalue weighted by atomic mass is 9.84. The molecule has 0 unspecified atom stereocenters. The van der Waals surface area contributed by atoms with Crippen LogP contribution in [-0.4, -0.2) is 29.6 Å². The van der Waals surface area contributed by atoms with E-state index < -0.39 is 0 Å². The first-order chi connectivity index (χ1) is 8.66. The van der Waals surface area contributed by atoms with Crippen molar-refractivity contribution >= 4 is 5.82 Å². The number of nitrogens with zero attached hydrogens (tertiary/aromatic N) is 3. The largest absolute Gasteiger partial charge is 0.356 e. The van der Waals surface area contributed by atoms with Gasteiger partial charge in [-0.1, -0.05) is 13.8 Å². The van der Waals surface area contributed by atoms with Crippen molar-refractivity contribution in [1.82, 2.24) is 15.3 Å². The highest BCUT2D eigenvalue weighted by Gasteiger charge is 2.29. The van der Waals surface area contributed by atoms with E-state index >= 15 is 0 Å². The number of piperidine rings is 1. The number of fused-ring (bicyclic) bond motifs is 1. The Bertz CT molecular complexity index is 441. The minimum atomic E-state index is 0.401. The van der Waals surface area contributed by atoms with E-state index in [0.29, 0.717) is 5.41 Å². The zero-order chi connectivity index (χ0) is 12.6. The molecule has 3 rings (SSSR count). The quantitative estimate of drug-likeness (QED) is 0.819. The van der Waals surface area contributed by atoms with Crippen LogP contribution in [0.25, 0.3) is 0 Å². The fourth-order valence-corrected chi connectivity index (χ4v) is 3.13. The molecular weight excluding hydrogens is 224 g/mol. The summed E-state index contributed by atoms with van der Waals surface area (Å²) in [6.45, 7) is 8.90. The lowest BCUT2D eigenvalue weighted by Gasteiger charge is -2.39. The van der Waals surface area contributed by atoms with Crippen LogP contribution >= 0.6 is 0 Å². The highest BCUT2D eigenvalue weighted by molar-refractivity contribution is 5.50. The van der Waals surface area contributed by atoms with Crippen LogP contribution in [-0.2, 0) is 13.0 Å². The molecule has 3 heterocycles. The molecule has 4 heteroatoms. The maximum Gasteiger partial charge on any atom is 0.136 e. The van der Waals surface area contributed by atoms with E-state index in [1.165, 1.54) is 29.9 Å². The fraction of sp³-hybridized carbons (Fsp3) is 0.714. The average molecular weight is 246 g/mol. The molecule has 2 aliphatic rings. The molecule has 0 saturated carbocycles. The van der Waals surface area contributed by atoms with E-state index in [-0.39, 0.29) is 0 Å². The molecule has 18 heavy (non-hydrogen) atoms. The normalized spacial score (nSPS) is 22.7. The molecule has 2 aliphatic heterocycles. The second-order valence-electron chi connectivity index (χ2n) is 6.24. The molecule has 0 aromatic carbocycles. The van der Waals surface area contributed by atoms with Crippen LogP contribution < -0.4 is 10.2 Å². The number of nitrogens with one attached hydrogen (secondary N) is 1. The molecule has 1 N–H and O–H groups in total. The summed E-state index contributed by atoms with van der Waals surface area (Å²) in [5.74, 6) is 1.17. The molecule has 1 saturated heterocycles. The van der Waals surface area contributed by atoms with E-state index in [1.807, 2.05) is 0 Å². The maximum absolute atomic E-state index is 4.56. The Kier molecular flexibility index (Phi) is 2.98. The smallest absolute Gasteiger partial charge is 0.136 e.